The molecule has 22 heavy (non-hydrogen) atoms. The number of rotatable bonds is 4. The van der Waals surface area contributed by atoms with Gasteiger partial charge in [0.1, 0.15) is 0 Å². The largest absolute Gasteiger partial charge is 0.326 e. The van der Waals surface area contributed by atoms with Crippen molar-refractivity contribution in [1.82, 2.24) is 20.6 Å². The Morgan fingerprint density at radius 2 is 2.00 bits per heavy atom. The molecule has 0 radical (unpaired) electrons. The molecule has 110 valence electrons. The zero-order chi connectivity index (χ0) is 15.4. The summed E-state index contributed by atoms with van der Waals surface area (Å²) in [4.78, 5) is 12.1. The van der Waals surface area contributed by atoms with Gasteiger partial charge in [0.2, 0.25) is 11.7 Å². The van der Waals surface area contributed by atoms with Gasteiger partial charge in [-0.15, -0.1) is 10.2 Å². The Hall–Kier alpha value is -3.02. The quantitative estimate of drug-likeness (QED) is 0.773. The molecule has 3 aromatic rings. The Bertz CT molecular complexity index is 765. The minimum atomic E-state index is -0.0436. The molecule has 6 heteroatoms. The van der Waals surface area contributed by atoms with E-state index in [9.17, 15) is 4.79 Å². The van der Waals surface area contributed by atoms with Crippen molar-refractivity contribution in [3.05, 3.63) is 59.7 Å². The van der Waals surface area contributed by atoms with E-state index < -0.39 is 0 Å². The van der Waals surface area contributed by atoms with Gasteiger partial charge in [-0.3, -0.25) is 4.79 Å². The highest BCUT2D eigenvalue weighted by Gasteiger charge is 2.06. The molecule has 1 aromatic heterocycles. The summed E-state index contributed by atoms with van der Waals surface area (Å²) in [7, 11) is 0. The molecule has 1 heterocycles. The first-order valence-electron chi connectivity index (χ1n) is 6.90. The fourth-order valence-electron chi connectivity index (χ4n) is 2.20. The monoisotopic (exact) mass is 293 g/mol. The average molecular weight is 293 g/mol. The summed E-state index contributed by atoms with van der Waals surface area (Å²) in [6, 6.07) is 15.3. The summed E-state index contributed by atoms with van der Waals surface area (Å²) in [6.07, 6.45) is 0.355. The smallest absolute Gasteiger partial charge is 0.228 e. The summed E-state index contributed by atoms with van der Waals surface area (Å²) in [6.45, 7) is 2.01. The molecule has 2 N–H and O–H groups in total. The number of amides is 1. The highest BCUT2D eigenvalue weighted by Crippen LogP contribution is 2.17. The average Bonchev–Trinajstić information content (AvgIpc) is 3.02. The number of hydrogen-bond acceptors (Lipinski definition) is 4. The van der Waals surface area contributed by atoms with Gasteiger partial charge in [-0.2, -0.15) is 5.21 Å². The number of nitrogens with one attached hydrogen (secondary N) is 2. The van der Waals surface area contributed by atoms with Crippen molar-refractivity contribution in [3.8, 4) is 11.4 Å². The van der Waals surface area contributed by atoms with Crippen LogP contribution >= 0.6 is 0 Å². The second-order valence-corrected chi connectivity index (χ2v) is 5.03. The molecule has 0 aliphatic heterocycles. The SMILES string of the molecule is Cc1cccc(CC(=O)Nc2ccc(-c3nn[nH]n3)cc2)c1. The van der Waals surface area contributed by atoms with Crippen LogP contribution in [0.1, 0.15) is 11.1 Å². The molecule has 1 amide bonds. The fourth-order valence-corrected chi connectivity index (χ4v) is 2.20. The maximum atomic E-state index is 12.1. The molecule has 3 rings (SSSR count). The molecule has 0 aliphatic carbocycles. The highest BCUT2D eigenvalue weighted by atomic mass is 16.1. The molecule has 0 fully saturated rings. The van der Waals surface area contributed by atoms with Gasteiger partial charge in [-0.05, 0) is 42.0 Å². The zero-order valence-corrected chi connectivity index (χ0v) is 12.1. The van der Waals surface area contributed by atoms with E-state index in [1.165, 1.54) is 0 Å². The molecular formula is C16H15N5O. The lowest BCUT2D eigenvalue weighted by Crippen LogP contribution is -2.14. The van der Waals surface area contributed by atoms with Gasteiger partial charge in [0.25, 0.3) is 0 Å². The van der Waals surface area contributed by atoms with Gasteiger partial charge >= 0.3 is 0 Å². The molecule has 0 unspecified atom stereocenters. The first kappa shape index (κ1) is 13.9. The van der Waals surface area contributed by atoms with Gasteiger partial charge in [-0.25, -0.2) is 0 Å². The lowest BCUT2D eigenvalue weighted by Gasteiger charge is -2.06. The number of carbonyl (C=O) groups is 1. The second-order valence-electron chi connectivity index (χ2n) is 5.03. The van der Waals surface area contributed by atoms with E-state index in [0.29, 0.717) is 12.2 Å². The van der Waals surface area contributed by atoms with Crippen LogP contribution in [0, 0.1) is 6.92 Å². The van der Waals surface area contributed by atoms with E-state index in [-0.39, 0.29) is 5.91 Å². The predicted octanol–water partition coefficient (Wildman–Crippen LogP) is 2.36. The summed E-state index contributed by atoms with van der Waals surface area (Å²) in [5.41, 5.74) is 3.73. The third-order valence-electron chi connectivity index (χ3n) is 3.22. The van der Waals surface area contributed by atoms with Gasteiger partial charge < -0.3 is 5.32 Å². The summed E-state index contributed by atoms with van der Waals surface area (Å²) in [5.74, 6) is 0.482. The van der Waals surface area contributed by atoms with Crippen LogP contribution < -0.4 is 5.32 Å². The molecule has 0 saturated heterocycles. The Morgan fingerprint density at radius 1 is 1.18 bits per heavy atom. The topological polar surface area (TPSA) is 83.6 Å². The molecule has 0 aliphatic rings. The molecule has 0 spiro atoms. The van der Waals surface area contributed by atoms with Crippen LogP contribution in [0.4, 0.5) is 5.69 Å². The number of benzene rings is 2. The van der Waals surface area contributed by atoms with Crippen molar-refractivity contribution < 1.29 is 4.79 Å². The number of tetrazole rings is 1. The normalized spacial score (nSPS) is 10.4. The Kier molecular flexibility index (Phi) is 3.91. The van der Waals surface area contributed by atoms with Crippen LogP contribution in [0.2, 0.25) is 0 Å². The maximum Gasteiger partial charge on any atom is 0.228 e. The van der Waals surface area contributed by atoms with Gasteiger partial charge in [0.15, 0.2) is 0 Å². The number of hydrogen-bond donors (Lipinski definition) is 2. The van der Waals surface area contributed by atoms with Crippen molar-refractivity contribution in [1.29, 1.82) is 0 Å². The first-order valence-corrected chi connectivity index (χ1v) is 6.90. The standard InChI is InChI=1S/C16H15N5O/c1-11-3-2-4-12(9-11)10-15(22)17-14-7-5-13(6-8-14)16-18-20-21-19-16/h2-9H,10H2,1H3,(H,17,22)(H,18,19,20,21). The van der Waals surface area contributed by atoms with E-state index in [4.69, 9.17) is 0 Å². The molecule has 0 saturated carbocycles. The molecular weight excluding hydrogens is 278 g/mol. The van der Waals surface area contributed by atoms with Crippen LogP contribution in [0.5, 0.6) is 0 Å². The Labute approximate surface area is 127 Å². The number of H-pyrrole nitrogens is 1. The zero-order valence-electron chi connectivity index (χ0n) is 12.1. The van der Waals surface area contributed by atoms with Crippen LogP contribution in [0.3, 0.4) is 0 Å². The van der Waals surface area contributed by atoms with E-state index in [1.807, 2.05) is 55.5 Å². The number of nitrogens with zero attached hydrogens (tertiary/aromatic N) is 3. The Morgan fingerprint density at radius 3 is 2.68 bits per heavy atom. The van der Waals surface area contributed by atoms with Crippen LogP contribution in [0.15, 0.2) is 48.5 Å². The maximum absolute atomic E-state index is 12.1. The van der Waals surface area contributed by atoms with Gasteiger partial charge in [0, 0.05) is 11.3 Å². The molecule has 6 nitrogen and oxygen atoms in total. The second kappa shape index (κ2) is 6.17. The van der Waals surface area contributed by atoms with Crippen molar-refractivity contribution >= 4 is 11.6 Å². The summed E-state index contributed by atoms with van der Waals surface area (Å²) >= 11 is 0. The van der Waals surface area contributed by atoms with E-state index >= 15 is 0 Å². The minimum Gasteiger partial charge on any atom is -0.326 e. The van der Waals surface area contributed by atoms with Gasteiger partial charge in [-0.1, -0.05) is 29.8 Å². The van der Waals surface area contributed by atoms with Crippen molar-refractivity contribution in [2.75, 3.05) is 5.32 Å². The number of aromatic nitrogens is 4. The first-order chi connectivity index (χ1) is 10.7. The lowest BCUT2D eigenvalue weighted by atomic mass is 10.1. The number of anilines is 1. The third kappa shape index (κ3) is 3.35. The summed E-state index contributed by atoms with van der Waals surface area (Å²) < 4.78 is 0. The van der Waals surface area contributed by atoms with Crippen LogP contribution in [0.25, 0.3) is 11.4 Å². The third-order valence-corrected chi connectivity index (χ3v) is 3.22. The molecule has 0 bridgehead atoms. The number of carbonyl (C=O) groups excluding carboxylic acids is 1. The number of aromatic amines is 1. The Balaban J connectivity index is 1.64. The van der Waals surface area contributed by atoms with Crippen molar-refractivity contribution in [2.45, 2.75) is 13.3 Å². The minimum absolute atomic E-state index is 0.0436. The van der Waals surface area contributed by atoms with Crippen molar-refractivity contribution in [3.63, 3.8) is 0 Å². The fraction of sp³-hybridized carbons (Fsp3) is 0.125. The van der Waals surface area contributed by atoms with Gasteiger partial charge in [0.05, 0.1) is 6.42 Å². The number of aryl methyl sites for hydroxylation is 1. The van der Waals surface area contributed by atoms with E-state index in [2.05, 4.69) is 25.9 Å². The van der Waals surface area contributed by atoms with Crippen LogP contribution in [-0.2, 0) is 11.2 Å². The summed E-state index contributed by atoms with van der Waals surface area (Å²) in [5, 5.41) is 16.6. The van der Waals surface area contributed by atoms with Crippen LogP contribution in [-0.4, -0.2) is 26.5 Å². The lowest BCUT2D eigenvalue weighted by molar-refractivity contribution is -0.115. The highest BCUT2D eigenvalue weighted by molar-refractivity contribution is 5.92. The van der Waals surface area contributed by atoms with Crippen molar-refractivity contribution in [2.24, 2.45) is 0 Å². The molecule has 0 atom stereocenters. The predicted molar refractivity (Wildman–Crippen MR) is 83.1 cm³/mol. The van der Waals surface area contributed by atoms with E-state index in [0.717, 1.165) is 22.4 Å². The molecule has 2 aromatic carbocycles. The van der Waals surface area contributed by atoms with E-state index in [1.54, 1.807) is 0 Å².